The van der Waals surface area contributed by atoms with E-state index in [4.69, 9.17) is 5.73 Å². The zero-order valence-electron chi connectivity index (χ0n) is 9.37. The van der Waals surface area contributed by atoms with Crippen molar-refractivity contribution in [2.75, 3.05) is 18.5 Å². The quantitative estimate of drug-likeness (QED) is 0.833. The molecule has 1 rings (SSSR count). The Morgan fingerprint density at radius 2 is 2.14 bits per heavy atom. The molecule has 0 aliphatic rings. The first-order valence-corrected chi connectivity index (χ1v) is 5.82. The second-order valence-corrected chi connectivity index (χ2v) is 4.74. The molecule has 0 fully saturated rings. The Balaban J connectivity index is 3.00. The molecule has 14 heavy (non-hydrogen) atoms. The molecule has 0 aliphatic heterocycles. The summed E-state index contributed by atoms with van der Waals surface area (Å²) in [6, 6.07) is 0. The minimum atomic E-state index is 0.462. The van der Waals surface area contributed by atoms with Gasteiger partial charge in [-0.05, 0) is 12.8 Å². The third-order valence-corrected chi connectivity index (χ3v) is 3.46. The van der Waals surface area contributed by atoms with Crippen molar-refractivity contribution in [3.63, 3.8) is 0 Å². The molecule has 0 radical (unpaired) electrons. The number of thiazole rings is 1. The highest BCUT2D eigenvalue weighted by atomic mass is 32.1. The van der Waals surface area contributed by atoms with Crippen molar-refractivity contribution in [2.45, 2.75) is 33.2 Å². The average molecular weight is 213 g/mol. The number of hydrogen-bond acceptors (Lipinski definition) is 4. The lowest BCUT2D eigenvalue weighted by molar-refractivity contribution is 0.807. The minimum Gasteiger partial charge on any atom is -0.351 e. The first-order valence-electron chi connectivity index (χ1n) is 5.00. The molecule has 0 spiro atoms. The van der Waals surface area contributed by atoms with Crippen LogP contribution in [0.1, 0.15) is 37.3 Å². The van der Waals surface area contributed by atoms with Gasteiger partial charge in [0.2, 0.25) is 0 Å². The summed E-state index contributed by atoms with van der Waals surface area (Å²) in [5.41, 5.74) is 6.86. The third kappa shape index (κ3) is 2.25. The fourth-order valence-corrected chi connectivity index (χ4v) is 2.37. The summed E-state index contributed by atoms with van der Waals surface area (Å²) in [5.74, 6) is 0.462. The molecule has 80 valence electrons. The van der Waals surface area contributed by atoms with Gasteiger partial charge in [0.05, 0.1) is 5.69 Å². The molecule has 1 aromatic rings. The Hall–Kier alpha value is -0.610. The summed E-state index contributed by atoms with van der Waals surface area (Å²) in [7, 11) is 2.06. The second kappa shape index (κ2) is 4.75. The summed E-state index contributed by atoms with van der Waals surface area (Å²) >= 11 is 1.71. The van der Waals surface area contributed by atoms with E-state index in [1.54, 1.807) is 11.3 Å². The molecule has 0 bridgehead atoms. The normalized spacial score (nSPS) is 11.0. The van der Waals surface area contributed by atoms with E-state index < -0.39 is 0 Å². The molecule has 1 heterocycles. The molecule has 0 unspecified atom stereocenters. The average Bonchev–Trinajstić information content (AvgIpc) is 2.60. The number of hydrogen-bond donors (Lipinski definition) is 1. The van der Waals surface area contributed by atoms with E-state index >= 15 is 0 Å². The van der Waals surface area contributed by atoms with Crippen LogP contribution in [0.4, 0.5) is 5.13 Å². The van der Waals surface area contributed by atoms with Gasteiger partial charge in [-0.15, -0.1) is 11.3 Å². The van der Waals surface area contributed by atoms with Crippen molar-refractivity contribution in [1.82, 2.24) is 4.98 Å². The van der Waals surface area contributed by atoms with Crippen molar-refractivity contribution < 1.29 is 0 Å². The predicted octanol–water partition coefficient (Wildman–Crippen LogP) is 2.18. The highest BCUT2D eigenvalue weighted by molar-refractivity contribution is 7.15. The molecule has 0 aromatic carbocycles. The maximum atomic E-state index is 5.70. The van der Waals surface area contributed by atoms with E-state index in [-0.39, 0.29) is 0 Å². The fraction of sp³-hybridized carbons (Fsp3) is 0.700. The van der Waals surface area contributed by atoms with Crippen LogP contribution in [0.3, 0.4) is 0 Å². The summed E-state index contributed by atoms with van der Waals surface area (Å²) in [6.45, 7) is 8.02. The molecule has 0 saturated heterocycles. The summed E-state index contributed by atoms with van der Waals surface area (Å²) in [6.07, 6.45) is 0. The first kappa shape index (κ1) is 11.5. The van der Waals surface area contributed by atoms with Crippen LogP contribution < -0.4 is 10.6 Å². The van der Waals surface area contributed by atoms with Crippen molar-refractivity contribution >= 4 is 16.5 Å². The maximum Gasteiger partial charge on any atom is 0.185 e. The summed E-state index contributed by atoms with van der Waals surface area (Å²) in [5, 5.41) is 1.08. The van der Waals surface area contributed by atoms with Crippen LogP contribution in [0, 0.1) is 0 Å². The molecular formula is C10H19N3S. The van der Waals surface area contributed by atoms with Gasteiger partial charge in [-0.1, -0.05) is 13.8 Å². The van der Waals surface area contributed by atoms with E-state index in [9.17, 15) is 0 Å². The van der Waals surface area contributed by atoms with E-state index in [0.29, 0.717) is 12.5 Å². The van der Waals surface area contributed by atoms with Gasteiger partial charge in [-0.25, -0.2) is 4.98 Å². The van der Waals surface area contributed by atoms with Crippen LogP contribution in [0.5, 0.6) is 0 Å². The molecule has 1 aromatic heterocycles. The van der Waals surface area contributed by atoms with Crippen LogP contribution in [-0.2, 0) is 6.54 Å². The number of rotatable bonds is 4. The monoisotopic (exact) mass is 213 g/mol. The lowest BCUT2D eigenvalue weighted by Gasteiger charge is -2.11. The molecule has 2 N–H and O–H groups in total. The maximum absolute atomic E-state index is 5.70. The predicted molar refractivity (Wildman–Crippen MR) is 63.0 cm³/mol. The molecule has 0 aliphatic carbocycles. The van der Waals surface area contributed by atoms with Gasteiger partial charge in [-0.3, -0.25) is 0 Å². The molecule has 3 nitrogen and oxygen atoms in total. The molecule has 0 amide bonds. The number of aromatic nitrogens is 1. The topological polar surface area (TPSA) is 42.2 Å². The lowest BCUT2D eigenvalue weighted by Crippen LogP contribution is -2.15. The smallest absolute Gasteiger partial charge is 0.185 e. The molecular weight excluding hydrogens is 194 g/mol. The standard InChI is InChI=1S/C10H19N3S/c1-5-13(4)10-12-9(7(2)3)8(6-11)14-10/h7H,5-6,11H2,1-4H3. The van der Waals surface area contributed by atoms with Gasteiger partial charge in [0.25, 0.3) is 0 Å². The van der Waals surface area contributed by atoms with Crippen molar-refractivity contribution in [1.29, 1.82) is 0 Å². The molecule has 0 saturated carbocycles. The van der Waals surface area contributed by atoms with Crippen LogP contribution >= 0.6 is 11.3 Å². The Labute approximate surface area is 89.9 Å². The van der Waals surface area contributed by atoms with Gasteiger partial charge in [0.1, 0.15) is 0 Å². The van der Waals surface area contributed by atoms with Gasteiger partial charge >= 0.3 is 0 Å². The zero-order valence-corrected chi connectivity index (χ0v) is 10.2. The van der Waals surface area contributed by atoms with Crippen LogP contribution in [0.15, 0.2) is 0 Å². The van der Waals surface area contributed by atoms with Gasteiger partial charge in [0, 0.05) is 25.0 Å². The number of nitrogens with two attached hydrogens (primary N) is 1. The van der Waals surface area contributed by atoms with E-state index in [1.807, 2.05) is 0 Å². The van der Waals surface area contributed by atoms with Gasteiger partial charge in [0.15, 0.2) is 5.13 Å². The minimum absolute atomic E-state index is 0.462. The SMILES string of the molecule is CCN(C)c1nc(C(C)C)c(CN)s1. The molecule has 4 heteroatoms. The summed E-state index contributed by atoms with van der Waals surface area (Å²) < 4.78 is 0. The van der Waals surface area contributed by atoms with Gasteiger partial charge in [-0.2, -0.15) is 0 Å². The second-order valence-electron chi connectivity index (χ2n) is 3.68. The molecule has 0 atom stereocenters. The van der Waals surface area contributed by atoms with Crippen molar-refractivity contribution in [3.05, 3.63) is 10.6 Å². The number of anilines is 1. The van der Waals surface area contributed by atoms with Crippen molar-refractivity contribution in [2.24, 2.45) is 5.73 Å². The Morgan fingerprint density at radius 3 is 2.50 bits per heavy atom. The van der Waals surface area contributed by atoms with Crippen molar-refractivity contribution in [3.8, 4) is 0 Å². The Bertz CT molecular complexity index is 294. The Morgan fingerprint density at radius 1 is 1.50 bits per heavy atom. The number of nitrogens with zero attached hydrogens (tertiary/aromatic N) is 2. The van der Waals surface area contributed by atoms with Crippen LogP contribution in [-0.4, -0.2) is 18.6 Å². The van der Waals surface area contributed by atoms with Crippen LogP contribution in [0.25, 0.3) is 0 Å². The summed E-state index contributed by atoms with van der Waals surface area (Å²) in [4.78, 5) is 7.98. The van der Waals surface area contributed by atoms with E-state index in [0.717, 1.165) is 17.4 Å². The van der Waals surface area contributed by atoms with E-state index in [1.165, 1.54) is 4.88 Å². The van der Waals surface area contributed by atoms with E-state index in [2.05, 4.69) is 37.7 Å². The van der Waals surface area contributed by atoms with Crippen LogP contribution in [0.2, 0.25) is 0 Å². The zero-order chi connectivity index (χ0) is 10.7. The fourth-order valence-electron chi connectivity index (χ4n) is 1.25. The lowest BCUT2D eigenvalue weighted by atomic mass is 10.1. The highest BCUT2D eigenvalue weighted by Crippen LogP contribution is 2.29. The third-order valence-electron chi connectivity index (χ3n) is 2.25. The largest absolute Gasteiger partial charge is 0.351 e. The van der Waals surface area contributed by atoms with Gasteiger partial charge < -0.3 is 10.6 Å². The first-order chi connectivity index (χ1) is 6.60. The Kier molecular flexibility index (Phi) is 3.89. The highest BCUT2D eigenvalue weighted by Gasteiger charge is 2.14.